The standard InChI is InChI=1S/C12H14N2O/c1-8-4-3-5-10-7-14(15)9(2)11(6-13)12(8)10/h7-8H,3-5H2,1-2H3. The normalized spacial score (nSPS) is 19.4. The van der Waals surface area contributed by atoms with E-state index in [0.717, 1.165) is 35.1 Å². The van der Waals surface area contributed by atoms with Gasteiger partial charge in [-0.05, 0) is 30.7 Å². The third-order valence-corrected chi connectivity index (χ3v) is 3.27. The summed E-state index contributed by atoms with van der Waals surface area (Å²) in [5, 5.41) is 20.7. The SMILES string of the molecule is Cc1c(C#N)c2c(c[n+]1[O-])CCCC2C. The number of pyridine rings is 1. The Bertz CT molecular complexity index is 446. The summed E-state index contributed by atoms with van der Waals surface area (Å²) in [6.45, 7) is 3.85. The van der Waals surface area contributed by atoms with Gasteiger partial charge in [-0.25, -0.2) is 0 Å². The largest absolute Gasteiger partial charge is 0.618 e. The molecule has 15 heavy (non-hydrogen) atoms. The van der Waals surface area contributed by atoms with Gasteiger partial charge in [0.2, 0.25) is 5.69 Å². The molecule has 1 heterocycles. The summed E-state index contributed by atoms with van der Waals surface area (Å²) in [5.74, 6) is 0.406. The second kappa shape index (κ2) is 3.54. The molecule has 0 radical (unpaired) electrons. The third-order valence-electron chi connectivity index (χ3n) is 3.27. The van der Waals surface area contributed by atoms with E-state index in [1.54, 1.807) is 13.1 Å². The van der Waals surface area contributed by atoms with Crippen LogP contribution in [0.4, 0.5) is 0 Å². The number of aryl methyl sites for hydroxylation is 1. The first-order valence-electron chi connectivity index (χ1n) is 5.30. The van der Waals surface area contributed by atoms with Gasteiger partial charge in [0, 0.05) is 12.5 Å². The summed E-state index contributed by atoms with van der Waals surface area (Å²) >= 11 is 0. The molecule has 1 unspecified atom stereocenters. The zero-order valence-corrected chi connectivity index (χ0v) is 9.08. The van der Waals surface area contributed by atoms with Crippen molar-refractivity contribution in [2.75, 3.05) is 0 Å². The quantitative estimate of drug-likeness (QED) is 0.477. The fraction of sp³-hybridized carbons (Fsp3) is 0.500. The Labute approximate surface area is 89.6 Å². The number of fused-ring (bicyclic) bond motifs is 1. The molecule has 0 aliphatic heterocycles. The van der Waals surface area contributed by atoms with Crippen LogP contribution in [0.3, 0.4) is 0 Å². The summed E-state index contributed by atoms with van der Waals surface area (Å²) in [6, 6.07) is 2.17. The lowest BCUT2D eigenvalue weighted by Gasteiger charge is -2.23. The molecule has 3 heteroatoms. The summed E-state index contributed by atoms with van der Waals surface area (Å²) in [6.07, 6.45) is 4.80. The van der Waals surface area contributed by atoms with Crippen molar-refractivity contribution in [2.45, 2.75) is 39.0 Å². The van der Waals surface area contributed by atoms with Crippen molar-refractivity contribution < 1.29 is 4.73 Å². The van der Waals surface area contributed by atoms with E-state index in [-0.39, 0.29) is 0 Å². The molecular formula is C12H14N2O. The number of aromatic nitrogens is 1. The van der Waals surface area contributed by atoms with Gasteiger partial charge in [0.15, 0.2) is 6.20 Å². The topological polar surface area (TPSA) is 50.7 Å². The van der Waals surface area contributed by atoms with E-state index in [1.807, 2.05) is 0 Å². The number of rotatable bonds is 0. The van der Waals surface area contributed by atoms with E-state index < -0.39 is 0 Å². The molecule has 0 fully saturated rings. The van der Waals surface area contributed by atoms with Gasteiger partial charge in [0.05, 0.1) is 0 Å². The van der Waals surface area contributed by atoms with Crippen LogP contribution in [0.2, 0.25) is 0 Å². The van der Waals surface area contributed by atoms with Gasteiger partial charge in [0.1, 0.15) is 11.6 Å². The second-order valence-corrected chi connectivity index (χ2v) is 4.26. The molecule has 1 aliphatic carbocycles. The maximum absolute atomic E-state index is 11.5. The van der Waals surface area contributed by atoms with E-state index >= 15 is 0 Å². The average molecular weight is 202 g/mol. The van der Waals surface area contributed by atoms with Crippen molar-refractivity contribution in [1.29, 1.82) is 5.26 Å². The lowest BCUT2D eigenvalue weighted by Crippen LogP contribution is -2.33. The Morgan fingerprint density at radius 3 is 3.00 bits per heavy atom. The van der Waals surface area contributed by atoms with Gasteiger partial charge < -0.3 is 5.21 Å². The summed E-state index contributed by atoms with van der Waals surface area (Å²) in [4.78, 5) is 0. The van der Waals surface area contributed by atoms with Crippen molar-refractivity contribution in [3.05, 3.63) is 33.8 Å². The highest BCUT2D eigenvalue weighted by Gasteiger charge is 2.25. The lowest BCUT2D eigenvalue weighted by atomic mass is 9.82. The van der Waals surface area contributed by atoms with E-state index in [2.05, 4.69) is 13.0 Å². The number of nitrogens with zero attached hydrogens (tertiary/aromatic N) is 2. The Morgan fingerprint density at radius 2 is 2.33 bits per heavy atom. The molecule has 0 bridgehead atoms. The highest BCUT2D eigenvalue weighted by atomic mass is 16.5. The van der Waals surface area contributed by atoms with Crippen LogP contribution >= 0.6 is 0 Å². The van der Waals surface area contributed by atoms with Crippen molar-refractivity contribution in [1.82, 2.24) is 0 Å². The zero-order valence-electron chi connectivity index (χ0n) is 9.08. The molecule has 0 spiro atoms. The molecular weight excluding hydrogens is 188 g/mol. The van der Waals surface area contributed by atoms with Crippen molar-refractivity contribution in [3.8, 4) is 6.07 Å². The predicted molar refractivity (Wildman–Crippen MR) is 56.2 cm³/mol. The summed E-state index contributed by atoms with van der Waals surface area (Å²) < 4.78 is 0.829. The average Bonchev–Trinajstić information content (AvgIpc) is 2.21. The molecule has 3 nitrogen and oxygen atoms in total. The van der Waals surface area contributed by atoms with Gasteiger partial charge >= 0.3 is 0 Å². The Hall–Kier alpha value is -1.56. The van der Waals surface area contributed by atoms with Gasteiger partial charge in [-0.2, -0.15) is 9.99 Å². The molecule has 1 aliphatic rings. The Balaban J connectivity index is 2.72. The van der Waals surface area contributed by atoms with Crippen LogP contribution in [0.25, 0.3) is 0 Å². The molecule has 1 aromatic heterocycles. The van der Waals surface area contributed by atoms with Crippen LogP contribution in [-0.4, -0.2) is 0 Å². The van der Waals surface area contributed by atoms with Gasteiger partial charge in [0.25, 0.3) is 0 Å². The van der Waals surface area contributed by atoms with Crippen LogP contribution in [-0.2, 0) is 6.42 Å². The molecule has 0 aromatic carbocycles. The van der Waals surface area contributed by atoms with E-state index in [1.165, 1.54) is 0 Å². The first-order valence-corrected chi connectivity index (χ1v) is 5.30. The van der Waals surface area contributed by atoms with E-state index in [4.69, 9.17) is 5.26 Å². The fourth-order valence-electron chi connectivity index (χ4n) is 2.42. The summed E-state index contributed by atoms with van der Waals surface area (Å²) in [5.41, 5.74) is 3.29. The van der Waals surface area contributed by atoms with E-state index in [0.29, 0.717) is 17.2 Å². The van der Waals surface area contributed by atoms with Crippen molar-refractivity contribution in [3.63, 3.8) is 0 Å². The third kappa shape index (κ3) is 1.46. The number of nitriles is 1. The lowest BCUT2D eigenvalue weighted by molar-refractivity contribution is -0.613. The minimum absolute atomic E-state index is 0.406. The molecule has 1 aromatic rings. The minimum atomic E-state index is 0.406. The maximum Gasteiger partial charge on any atom is 0.207 e. The molecule has 0 saturated heterocycles. The Kier molecular flexibility index (Phi) is 2.36. The second-order valence-electron chi connectivity index (χ2n) is 4.26. The first-order chi connectivity index (χ1) is 7.15. The fourth-order valence-corrected chi connectivity index (χ4v) is 2.42. The molecule has 1 atom stereocenters. The molecule has 0 amide bonds. The monoisotopic (exact) mass is 202 g/mol. The zero-order chi connectivity index (χ0) is 11.0. The molecule has 2 rings (SSSR count). The van der Waals surface area contributed by atoms with Crippen LogP contribution in [0.1, 0.15) is 48.1 Å². The number of hydrogen-bond acceptors (Lipinski definition) is 2. The molecule has 0 N–H and O–H groups in total. The Morgan fingerprint density at radius 1 is 1.60 bits per heavy atom. The number of hydrogen-bond donors (Lipinski definition) is 0. The van der Waals surface area contributed by atoms with Crippen LogP contribution in [0, 0.1) is 23.5 Å². The highest BCUT2D eigenvalue weighted by Crippen LogP contribution is 2.33. The maximum atomic E-state index is 11.5. The van der Waals surface area contributed by atoms with Crippen LogP contribution < -0.4 is 4.73 Å². The molecule has 78 valence electrons. The van der Waals surface area contributed by atoms with Crippen molar-refractivity contribution >= 4 is 0 Å². The van der Waals surface area contributed by atoms with Crippen molar-refractivity contribution in [2.24, 2.45) is 0 Å². The van der Waals surface area contributed by atoms with Crippen LogP contribution in [0.5, 0.6) is 0 Å². The van der Waals surface area contributed by atoms with Gasteiger partial charge in [-0.15, -0.1) is 0 Å². The van der Waals surface area contributed by atoms with Gasteiger partial charge in [-0.3, -0.25) is 0 Å². The van der Waals surface area contributed by atoms with Gasteiger partial charge in [-0.1, -0.05) is 6.92 Å². The predicted octanol–water partition coefficient (Wildman–Crippen LogP) is 1.94. The van der Waals surface area contributed by atoms with E-state index in [9.17, 15) is 5.21 Å². The smallest absolute Gasteiger partial charge is 0.207 e. The minimum Gasteiger partial charge on any atom is -0.618 e. The molecule has 0 saturated carbocycles. The highest BCUT2D eigenvalue weighted by molar-refractivity contribution is 5.45. The first kappa shape index (κ1) is 9.97. The van der Waals surface area contributed by atoms with Crippen LogP contribution in [0.15, 0.2) is 6.20 Å². The summed E-state index contributed by atoms with van der Waals surface area (Å²) in [7, 11) is 0.